The molecule has 1 aliphatic heterocycles. The third kappa shape index (κ3) is 7.18. The summed E-state index contributed by atoms with van der Waals surface area (Å²) in [7, 11) is 0. The number of nitrogens with one attached hydrogen (secondary N) is 1. The summed E-state index contributed by atoms with van der Waals surface area (Å²) >= 11 is 1.10. The Labute approximate surface area is 204 Å². The molecule has 8 heteroatoms. The summed E-state index contributed by atoms with van der Waals surface area (Å²) in [5.41, 5.74) is 2.86. The third-order valence-corrected chi connectivity index (χ3v) is 6.61. The van der Waals surface area contributed by atoms with Gasteiger partial charge >= 0.3 is 5.97 Å². The van der Waals surface area contributed by atoms with Gasteiger partial charge in [0, 0.05) is 25.6 Å². The lowest BCUT2D eigenvalue weighted by molar-refractivity contribution is -0.150. The second-order valence-corrected chi connectivity index (χ2v) is 9.42. The van der Waals surface area contributed by atoms with E-state index in [0.29, 0.717) is 18.6 Å². The number of benzene rings is 2. The molecule has 2 atom stereocenters. The van der Waals surface area contributed by atoms with Gasteiger partial charge in [-0.15, -0.1) is 0 Å². The number of rotatable bonds is 9. The fourth-order valence-electron chi connectivity index (χ4n) is 3.96. The highest BCUT2D eigenvalue weighted by atomic mass is 32.2. The van der Waals surface area contributed by atoms with Gasteiger partial charge < -0.3 is 15.0 Å². The predicted octanol–water partition coefficient (Wildman–Crippen LogP) is 2.76. The lowest BCUT2D eigenvalue weighted by Crippen LogP contribution is -2.51. The van der Waals surface area contributed by atoms with E-state index < -0.39 is 17.9 Å². The van der Waals surface area contributed by atoms with Crippen molar-refractivity contribution in [1.82, 2.24) is 10.2 Å². The van der Waals surface area contributed by atoms with Crippen LogP contribution in [0.25, 0.3) is 0 Å². The molecule has 0 radical (unpaired) electrons. The molecule has 2 amide bonds. The Kier molecular flexibility index (Phi) is 9.27. The van der Waals surface area contributed by atoms with Gasteiger partial charge in [0.2, 0.25) is 11.8 Å². The van der Waals surface area contributed by atoms with E-state index in [1.165, 1.54) is 11.8 Å². The van der Waals surface area contributed by atoms with Gasteiger partial charge in [0.05, 0.1) is 12.5 Å². The molecule has 2 aromatic carbocycles. The number of hydrogen-bond acceptors (Lipinski definition) is 6. The number of amides is 2. The monoisotopic (exact) mass is 482 g/mol. The maximum absolute atomic E-state index is 13.4. The van der Waals surface area contributed by atoms with Gasteiger partial charge in [-0.25, -0.2) is 0 Å². The first-order valence-corrected chi connectivity index (χ1v) is 12.3. The highest BCUT2D eigenvalue weighted by Crippen LogP contribution is 2.21. The molecule has 0 saturated carbocycles. The molecule has 0 bridgehead atoms. The largest absolute Gasteiger partial charge is 0.465 e. The van der Waals surface area contributed by atoms with E-state index in [-0.39, 0.29) is 36.6 Å². The van der Waals surface area contributed by atoms with Crippen molar-refractivity contribution < 1.29 is 23.9 Å². The number of nitrogens with zero attached hydrogens (tertiary/aromatic N) is 1. The molecule has 180 valence electrons. The smallest absolute Gasteiger partial charge is 0.325 e. The minimum absolute atomic E-state index is 0.0639. The molecule has 0 aromatic heterocycles. The SMILES string of the molecule is CCOC(=O)CN1Cc2ccccc2C[C@H](NC(=O)[C@@H](CSC(C)=O)Cc2ccccc2)C1=O. The Balaban J connectivity index is 1.81. The van der Waals surface area contributed by atoms with Crippen molar-refractivity contribution in [2.75, 3.05) is 18.9 Å². The predicted molar refractivity (Wildman–Crippen MR) is 131 cm³/mol. The molecule has 34 heavy (non-hydrogen) atoms. The first-order chi connectivity index (χ1) is 16.4. The van der Waals surface area contributed by atoms with Crippen molar-refractivity contribution in [2.24, 2.45) is 5.92 Å². The van der Waals surface area contributed by atoms with Gasteiger partial charge in [-0.1, -0.05) is 66.4 Å². The van der Waals surface area contributed by atoms with Crippen molar-refractivity contribution in [2.45, 2.75) is 39.3 Å². The van der Waals surface area contributed by atoms with Crippen LogP contribution in [0.3, 0.4) is 0 Å². The van der Waals surface area contributed by atoms with Crippen LogP contribution in [0.2, 0.25) is 0 Å². The van der Waals surface area contributed by atoms with Crippen LogP contribution in [-0.2, 0) is 43.3 Å². The van der Waals surface area contributed by atoms with Crippen molar-refractivity contribution in [3.05, 3.63) is 71.3 Å². The number of esters is 1. The molecule has 3 rings (SSSR count). The Bertz CT molecular complexity index is 1030. The molecule has 0 unspecified atom stereocenters. The Morgan fingerprint density at radius 3 is 2.44 bits per heavy atom. The molecule has 0 fully saturated rings. The normalized spacial score (nSPS) is 16.2. The van der Waals surface area contributed by atoms with E-state index in [1.807, 2.05) is 54.6 Å². The zero-order valence-corrected chi connectivity index (χ0v) is 20.3. The first-order valence-electron chi connectivity index (χ1n) is 11.4. The molecule has 7 nitrogen and oxygen atoms in total. The van der Waals surface area contributed by atoms with Gasteiger partial charge in [0.25, 0.3) is 0 Å². The fraction of sp³-hybridized carbons (Fsp3) is 0.385. The Hall–Kier alpha value is -3.13. The lowest BCUT2D eigenvalue weighted by Gasteiger charge is -2.25. The number of fused-ring (bicyclic) bond motifs is 1. The maximum atomic E-state index is 13.4. The summed E-state index contributed by atoms with van der Waals surface area (Å²) < 4.78 is 5.04. The molecule has 1 heterocycles. The van der Waals surface area contributed by atoms with Crippen molar-refractivity contribution in [3.8, 4) is 0 Å². The summed E-state index contributed by atoms with van der Waals surface area (Å²) in [6.45, 7) is 3.51. The summed E-state index contributed by atoms with van der Waals surface area (Å²) in [6.07, 6.45) is 0.787. The second-order valence-electron chi connectivity index (χ2n) is 8.22. The van der Waals surface area contributed by atoms with E-state index in [2.05, 4.69) is 5.32 Å². The summed E-state index contributed by atoms with van der Waals surface area (Å²) in [4.78, 5) is 51.9. The Morgan fingerprint density at radius 2 is 1.76 bits per heavy atom. The van der Waals surface area contributed by atoms with Crippen LogP contribution in [0.5, 0.6) is 0 Å². The van der Waals surface area contributed by atoms with Crippen LogP contribution in [-0.4, -0.2) is 52.7 Å². The fourth-order valence-corrected chi connectivity index (χ4v) is 4.67. The van der Waals surface area contributed by atoms with Crippen molar-refractivity contribution in [1.29, 1.82) is 0 Å². The lowest BCUT2D eigenvalue weighted by atomic mass is 9.98. The molecular formula is C26H30N2O5S. The van der Waals surface area contributed by atoms with E-state index >= 15 is 0 Å². The zero-order valence-electron chi connectivity index (χ0n) is 19.5. The molecule has 1 N–H and O–H groups in total. The second kappa shape index (κ2) is 12.4. The molecule has 2 aromatic rings. The highest BCUT2D eigenvalue weighted by molar-refractivity contribution is 8.13. The number of ether oxygens (including phenoxy) is 1. The van der Waals surface area contributed by atoms with Crippen LogP contribution < -0.4 is 5.32 Å². The van der Waals surface area contributed by atoms with Crippen LogP contribution in [0, 0.1) is 5.92 Å². The van der Waals surface area contributed by atoms with Crippen molar-refractivity contribution in [3.63, 3.8) is 0 Å². The van der Waals surface area contributed by atoms with Gasteiger partial charge in [-0.05, 0) is 30.0 Å². The summed E-state index contributed by atoms with van der Waals surface area (Å²) in [6, 6.07) is 16.4. The van der Waals surface area contributed by atoms with Gasteiger partial charge in [0.15, 0.2) is 5.12 Å². The van der Waals surface area contributed by atoms with E-state index in [9.17, 15) is 19.2 Å². The Morgan fingerprint density at radius 1 is 1.09 bits per heavy atom. The van der Waals surface area contributed by atoms with Gasteiger partial charge in [-0.3, -0.25) is 19.2 Å². The minimum Gasteiger partial charge on any atom is -0.465 e. The van der Waals surface area contributed by atoms with E-state index in [1.54, 1.807) is 6.92 Å². The maximum Gasteiger partial charge on any atom is 0.325 e. The van der Waals surface area contributed by atoms with Crippen LogP contribution in [0.4, 0.5) is 0 Å². The quantitative estimate of drug-likeness (QED) is 0.553. The highest BCUT2D eigenvalue weighted by Gasteiger charge is 2.33. The summed E-state index contributed by atoms with van der Waals surface area (Å²) in [5.74, 6) is -1.26. The average Bonchev–Trinajstić information content (AvgIpc) is 2.94. The molecule has 0 spiro atoms. The van der Waals surface area contributed by atoms with E-state index in [4.69, 9.17) is 4.74 Å². The number of hydrogen-bond donors (Lipinski definition) is 1. The van der Waals surface area contributed by atoms with Crippen LogP contribution >= 0.6 is 11.8 Å². The van der Waals surface area contributed by atoms with Crippen LogP contribution in [0.15, 0.2) is 54.6 Å². The molecule has 1 aliphatic rings. The zero-order chi connectivity index (χ0) is 24.5. The number of carbonyl (C=O) groups is 4. The molecule has 0 aliphatic carbocycles. The minimum atomic E-state index is -0.814. The standard InChI is InChI=1S/C26H30N2O5S/c1-3-33-24(30)16-28-15-21-12-8-7-11-20(21)14-23(26(28)32)27-25(31)22(17-34-18(2)29)13-19-9-5-4-6-10-19/h4-12,22-23H,3,13-17H2,1-2H3,(H,27,31)/t22-,23+/m1/s1. The molecular weight excluding hydrogens is 452 g/mol. The number of carbonyl (C=O) groups excluding carboxylic acids is 4. The summed E-state index contributed by atoms with van der Waals surface area (Å²) in [5, 5.41) is 2.86. The average molecular weight is 483 g/mol. The topological polar surface area (TPSA) is 92.8 Å². The van der Waals surface area contributed by atoms with E-state index in [0.717, 1.165) is 28.5 Å². The van der Waals surface area contributed by atoms with Gasteiger partial charge in [0.1, 0.15) is 12.6 Å². The first kappa shape index (κ1) is 25.5. The third-order valence-electron chi connectivity index (χ3n) is 5.64. The van der Waals surface area contributed by atoms with Gasteiger partial charge in [-0.2, -0.15) is 0 Å². The molecule has 0 saturated heterocycles. The number of thioether (sulfide) groups is 1. The van der Waals surface area contributed by atoms with Crippen LogP contribution in [0.1, 0.15) is 30.5 Å². The van der Waals surface area contributed by atoms with Crippen molar-refractivity contribution >= 4 is 34.7 Å².